The molecule has 0 aliphatic carbocycles. The summed E-state index contributed by atoms with van der Waals surface area (Å²) in [5, 5.41) is 15.2. The van der Waals surface area contributed by atoms with Crippen LogP contribution in [0.5, 0.6) is 0 Å². The number of fused-ring (bicyclic) bond motifs is 1. The van der Waals surface area contributed by atoms with Gasteiger partial charge in [0, 0.05) is 24.7 Å². The summed E-state index contributed by atoms with van der Waals surface area (Å²) in [6.45, 7) is 4.54. The van der Waals surface area contributed by atoms with Crippen LogP contribution in [0.25, 0.3) is 11.1 Å². The number of carbonyl (C=O) groups excluding carboxylic acids is 1. The van der Waals surface area contributed by atoms with Gasteiger partial charge in [0.25, 0.3) is 11.6 Å². The van der Waals surface area contributed by atoms with Gasteiger partial charge >= 0.3 is 0 Å². The van der Waals surface area contributed by atoms with Gasteiger partial charge in [-0.2, -0.15) is 0 Å². The van der Waals surface area contributed by atoms with E-state index in [2.05, 4.69) is 10.1 Å². The van der Waals surface area contributed by atoms with Gasteiger partial charge in [-0.05, 0) is 31.9 Å². The molecule has 3 heterocycles. The number of aliphatic hydroxyl groups excluding tert-OH is 1. The Balaban J connectivity index is 1.60. The largest absolute Gasteiger partial charge is 0.391 e. The van der Waals surface area contributed by atoms with E-state index in [1.807, 2.05) is 37.3 Å². The average Bonchev–Trinajstić information content (AvgIpc) is 3.01. The molecule has 0 spiro atoms. The Kier molecular flexibility index (Phi) is 4.20. The lowest BCUT2D eigenvalue weighted by molar-refractivity contribution is 0.0383. The zero-order valence-corrected chi connectivity index (χ0v) is 14.8. The van der Waals surface area contributed by atoms with Crippen LogP contribution < -0.4 is 0 Å². The molecule has 0 unspecified atom stereocenters. The summed E-state index contributed by atoms with van der Waals surface area (Å²) in [5.41, 5.74) is 3.39. The number of piperidine rings is 1. The number of aromatic nitrogens is 2. The molecule has 1 amide bonds. The van der Waals surface area contributed by atoms with E-state index in [1.165, 1.54) is 0 Å². The molecule has 134 valence electrons. The number of rotatable bonds is 2. The van der Waals surface area contributed by atoms with Gasteiger partial charge in [-0.3, -0.25) is 4.79 Å². The standard InChI is InChI=1S/C20H21N3O3/c1-12-10-16(18-13(2)22-26-19(18)21-12)20(25)23-9-8-15(17(24)11-23)14-6-4-3-5-7-14/h3-7,10,15,17,24H,8-9,11H2,1-2H3/t15-,17-/m1/s1. The number of aryl methyl sites for hydroxylation is 2. The summed E-state index contributed by atoms with van der Waals surface area (Å²) in [5.74, 6) is -0.0610. The Bertz CT molecular complexity index is 952. The van der Waals surface area contributed by atoms with Gasteiger partial charge < -0.3 is 14.5 Å². The summed E-state index contributed by atoms with van der Waals surface area (Å²) < 4.78 is 5.22. The van der Waals surface area contributed by atoms with Crippen LogP contribution in [0.4, 0.5) is 0 Å². The molecule has 1 saturated heterocycles. The Hall–Kier alpha value is -2.73. The molecule has 0 bridgehead atoms. The minimum atomic E-state index is -0.586. The maximum atomic E-state index is 13.1. The third-order valence-electron chi connectivity index (χ3n) is 5.07. The minimum Gasteiger partial charge on any atom is -0.391 e. The quantitative estimate of drug-likeness (QED) is 0.768. The number of aliphatic hydroxyl groups is 1. The van der Waals surface area contributed by atoms with Gasteiger partial charge in [0.1, 0.15) is 0 Å². The van der Waals surface area contributed by atoms with Crippen molar-refractivity contribution >= 4 is 17.0 Å². The maximum absolute atomic E-state index is 13.1. The van der Waals surface area contributed by atoms with Crippen molar-refractivity contribution < 1.29 is 14.4 Å². The van der Waals surface area contributed by atoms with E-state index >= 15 is 0 Å². The third kappa shape index (κ3) is 2.86. The van der Waals surface area contributed by atoms with Crippen LogP contribution in [0.15, 0.2) is 40.9 Å². The van der Waals surface area contributed by atoms with Crippen molar-refractivity contribution in [3.05, 3.63) is 58.9 Å². The van der Waals surface area contributed by atoms with Crippen LogP contribution in [-0.4, -0.2) is 45.2 Å². The molecule has 1 aromatic carbocycles. The number of pyridine rings is 1. The number of β-amino-alcohol motifs (C(OH)–C–C–N with tert-alkyl or cyclic N) is 1. The first kappa shape index (κ1) is 16.7. The molecule has 1 N–H and O–H groups in total. The van der Waals surface area contributed by atoms with E-state index in [0.29, 0.717) is 41.1 Å². The molecular weight excluding hydrogens is 330 g/mol. The fraction of sp³-hybridized carbons (Fsp3) is 0.350. The summed E-state index contributed by atoms with van der Waals surface area (Å²) in [6, 6.07) is 11.7. The van der Waals surface area contributed by atoms with Gasteiger partial charge in [0.2, 0.25) is 0 Å². The van der Waals surface area contributed by atoms with Crippen molar-refractivity contribution in [2.24, 2.45) is 0 Å². The lowest BCUT2D eigenvalue weighted by Gasteiger charge is -2.36. The highest BCUT2D eigenvalue weighted by atomic mass is 16.5. The second-order valence-corrected chi connectivity index (χ2v) is 6.88. The van der Waals surface area contributed by atoms with Gasteiger partial charge in [0.15, 0.2) is 0 Å². The zero-order valence-electron chi connectivity index (χ0n) is 14.8. The zero-order chi connectivity index (χ0) is 18.3. The smallest absolute Gasteiger partial charge is 0.258 e. The van der Waals surface area contributed by atoms with E-state index < -0.39 is 6.10 Å². The van der Waals surface area contributed by atoms with E-state index in [4.69, 9.17) is 4.52 Å². The van der Waals surface area contributed by atoms with E-state index in [0.717, 1.165) is 12.0 Å². The first-order chi connectivity index (χ1) is 12.5. The molecule has 2 aromatic heterocycles. The maximum Gasteiger partial charge on any atom is 0.258 e. The molecule has 2 atom stereocenters. The SMILES string of the molecule is Cc1cc(C(=O)N2CC[C@H](c3ccccc3)[C@H](O)C2)c2c(C)noc2n1. The topological polar surface area (TPSA) is 79.5 Å². The van der Waals surface area contributed by atoms with E-state index in [-0.39, 0.29) is 11.8 Å². The lowest BCUT2D eigenvalue weighted by Crippen LogP contribution is -2.45. The molecule has 1 fully saturated rings. The van der Waals surface area contributed by atoms with Crippen molar-refractivity contribution in [2.75, 3.05) is 13.1 Å². The Morgan fingerprint density at radius 3 is 2.77 bits per heavy atom. The van der Waals surface area contributed by atoms with Crippen molar-refractivity contribution in [3.8, 4) is 0 Å². The van der Waals surface area contributed by atoms with E-state index in [9.17, 15) is 9.90 Å². The summed E-state index contributed by atoms with van der Waals surface area (Å²) in [7, 11) is 0. The molecule has 1 aliphatic heterocycles. The Morgan fingerprint density at radius 2 is 2.04 bits per heavy atom. The van der Waals surface area contributed by atoms with E-state index in [1.54, 1.807) is 17.9 Å². The normalized spacial score (nSPS) is 20.5. The van der Waals surface area contributed by atoms with Crippen molar-refractivity contribution in [1.29, 1.82) is 0 Å². The van der Waals surface area contributed by atoms with Crippen LogP contribution in [0.2, 0.25) is 0 Å². The van der Waals surface area contributed by atoms with Crippen molar-refractivity contribution in [1.82, 2.24) is 15.0 Å². The number of likely N-dealkylation sites (tertiary alicyclic amines) is 1. The summed E-state index contributed by atoms with van der Waals surface area (Å²) in [4.78, 5) is 19.1. The summed E-state index contributed by atoms with van der Waals surface area (Å²) in [6.07, 6.45) is 0.143. The molecule has 6 nitrogen and oxygen atoms in total. The van der Waals surface area contributed by atoms with Crippen molar-refractivity contribution in [3.63, 3.8) is 0 Å². The number of hydrogen-bond donors (Lipinski definition) is 1. The van der Waals surface area contributed by atoms with Crippen LogP contribution in [0, 0.1) is 13.8 Å². The molecule has 3 aromatic rings. The van der Waals surface area contributed by atoms with Crippen LogP contribution in [-0.2, 0) is 0 Å². The third-order valence-corrected chi connectivity index (χ3v) is 5.07. The number of amides is 1. The first-order valence-corrected chi connectivity index (χ1v) is 8.80. The molecule has 26 heavy (non-hydrogen) atoms. The molecule has 1 aliphatic rings. The molecule has 4 rings (SSSR count). The number of hydrogen-bond acceptors (Lipinski definition) is 5. The van der Waals surface area contributed by atoms with Gasteiger partial charge in [-0.1, -0.05) is 35.5 Å². The highest BCUT2D eigenvalue weighted by molar-refractivity contribution is 6.06. The Labute approximate surface area is 151 Å². The van der Waals surface area contributed by atoms with Crippen LogP contribution in [0.3, 0.4) is 0 Å². The lowest BCUT2D eigenvalue weighted by atomic mass is 9.87. The molecular formula is C20H21N3O3. The predicted octanol–water partition coefficient (Wildman–Crippen LogP) is 2.83. The highest BCUT2D eigenvalue weighted by Gasteiger charge is 2.32. The van der Waals surface area contributed by atoms with Gasteiger partial charge in [-0.15, -0.1) is 0 Å². The van der Waals surface area contributed by atoms with Crippen LogP contribution in [0.1, 0.15) is 39.6 Å². The predicted molar refractivity (Wildman–Crippen MR) is 97.0 cm³/mol. The van der Waals surface area contributed by atoms with Crippen molar-refractivity contribution in [2.45, 2.75) is 32.3 Å². The second-order valence-electron chi connectivity index (χ2n) is 6.88. The average molecular weight is 351 g/mol. The van der Waals surface area contributed by atoms with Gasteiger partial charge in [0.05, 0.1) is 22.7 Å². The fourth-order valence-electron chi connectivity index (χ4n) is 3.76. The molecule has 0 saturated carbocycles. The Morgan fingerprint density at radius 1 is 1.27 bits per heavy atom. The molecule has 6 heteroatoms. The summed E-state index contributed by atoms with van der Waals surface area (Å²) >= 11 is 0. The number of carbonyl (C=O) groups is 1. The highest BCUT2D eigenvalue weighted by Crippen LogP contribution is 2.30. The first-order valence-electron chi connectivity index (χ1n) is 8.80. The number of nitrogens with zero attached hydrogens (tertiary/aromatic N) is 3. The molecule has 0 radical (unpaired) electrons. The number of benzene rings is 1. The second kappa shape index (κ2) is 6.53. The monoisotopic (exact) mass is 351 g/mol. The minimum absolute atomic E-state index is 0.0526. The van der Waals surface area contributed by atoms with Gasteiger partial charge in [-0.25, -0.2) is 4.98 Å². The van der Waals surface area contributed by atoms with Crippen LogP contribution >= 0.6 is 0 Å². The fourth-order valence-corrected chi connectivity index (χ4v) is 3.76.